The van der Waals surface area contributed by atoms with Gasteiger partial charge in [0.25, 0.3) is 0 Å². The van der Waals surface area contributed by atoms with E-state index in [4.69, 9.17) is 10.2 Å². The molecule has 1 rings (SSSR count). The first-order valence-electron chi connectivity index (χ1n) is 2.73. The largest absolute Gasteiger partial charge is 0.507 e. The molecular weight excluding hydrogens is 144 g/mol. The lowest BCUT2D eigenvalue weighted by atomic mass is 10.2. The van der Waals surface area contributed by atoms with Gasteiger partial charge in [0, 0.05) is 0 Å². The maximum absolute atomic E-state index is 10.3. The van der Waals surface area contributed by atoms with Crippen molar-refractivity contribution in [3.8, 4) is 5.75 Å². The minimum absolute atomic E-state index is 0. The summed E-state index contributed by atoms with van der Waals surface area (Å²) in [6.45, 7) is 0. The van der Waals surface area contributed by atoms with Crippen LogP contribution in [0, 0.1) is 0 Å². The summed E-state index contributed by atoms with van der Waals surface area (Å²) in [5.41, 5.74) is -0.0671. The van der Waals surface area contributed by atoms with Gasteiger partial charge in [-0.05, 0) is 12.1 Å². The lowest BCUT2D eigenvalue weighted by Gasteiger charge is -1.95. The second-order valence-corrected chi connectivity index (χ2v) is 1.82. The first-order valence-corrected chi connectivity index (χ1v) is 2.73. The molecule has 0 saturated carbocycles. The number of hydrogen-bond donors (Lipinski definition) is 2. The van der Waals surface area contributed by atoms with Crippen molar-refractivity contribution >= 4 is 5.97 Å². The lowest BCUT2D eigenvalue weighted by molar-refractivity contribution is 0.0694. The number of para-hydroxylation sites is 1. The first kappa shape index (κ1) is 9.49. The minimum atomic E-state index is -1.11. The molecule has 0 saturated heterocycles. The van der Waals surface area contributed by atoms with E-state index >= 15 is 0 Å². The van der Waals surface area contributed by atoms with E-state index in [1.54, 1.807) is 12.1 Å². The Labute approximate surface area is 64.9 Å². The Balaban J connectivity index is 0.000001000. The zero-order valence-corrected chi connectivity index (χ0v) is 5.11. The van der Waals surface area contributed by atoms with E-state index in [9.17, 15) is 4.79 Å². The van der Waals surface area contributed by atoms with Crippen molar-refractivity contribution in [2.75, 3.05) is 0 Å². The maximum atomic E-state index is 10.3. The van der Waals surface area contributed by atoms with E-state index < -0.39 is 5.97 Å². The number of carboxylic acids is 1. The zero-order chi connectivity index (χ0) is 7.56. The summed E-state index contributed by atoms with van der Waals surface area (Å²) in [6, 6.07) is 5.81. The third kappa shape index (κ3) is 1.97. The molecular formula is C8H10O3. The highest BCUT2D eigenvalue weighted by atomic mass is 16.4. The molecule has 0 fully saturated rings. The minimum Gasteiger partial charge on any atom is -0.507 e. The number of aromatic carboxylic acids is 1. The fourth-order valence-corrected chi connectivity index (χ4v) is 0.654. The quantitative estimate of drug-likeness (QED) is 0.647. The lowest BCUT2D eigenvalue weighted by Crippen LogP contribution is -1.95. The third-order valence-electron chi connectivity index (χ3n) is 1.13. The van der Waals surface area contributed by atoms with Crippen molar-refractivity contribution in [1.82, 2.24) is 0 Å². The first-order chi connectivity index (χ1) is 4.72. The molecule has 0 amide bonds. The number of phenols is 1. The Morgan fingerprint density at radius 1 is 1.27 bits per heavy atom. The van der Waals surface area contributed by atoms with E-state index in [0.29, 0.717) is 0 Å². The van der Waals surface area contributed by atoms with Crippen molar-refractivity contribution in [1.29, 1.82) is 0 Å². The molecule has 60 valence electrons. The van der Waals surface area contributed by atoms with E-state index in [0.717, 1.165) is 0 Å². The summed E-state index contributed by atoms with van der Waals surface area (Å²) in [6.07, 6.45) is 0. The molecule has 2 N–H and O–H groups in total. The van der Waals surface area contributed by atoms with Crippen LogP contribution in [-0.4, -0.2) is 16.2 Å². The van der Waals surface area contributed by atoms with Crippen LogP contribution < -0.4 is 0 Å². The normalized spacial score (nSPS) is 8.36. The molecule has 3 nitrogen and oxygen atoms in total. The molecule has 0 aliphatic carbocycles. The van der Waals surface area contributed by atoms with Crippen LogP contribution in [0.25, 0.3) is 0 Å². The van der Waals surface area contributed by atoms with Crippen molar-refractivity contribution in [2.45, 2.75) is 7.43 Å². The molecule has 1 aromatic rings. The van der Waals surface area contributed by atoms with Gasteiger partial charge in [0.2, 0.25) is 0 Å². The topological polar surface area (TPSA) is 57.5 Å². The fourth-order valence-electron chi connectivity index (χ4n) is 0.654. The summed E-state index contributed by atoms with van der Waals surface area (Å²) >= 11 is 0. The van der Waals surface area contributed by atoms with Crippen LogP contribution >= 0.6 is 0 Å². The molecule has 0 heterocycles. The van der Waals surface area contributed by atoms with E-state index in [2.05, 4.69) is 0 Å². The number of carboxylic acid groups (broad SMARTS) is 1. The van der Waals surface area contributed by atoms with Crippen molar-refractivity contribution in [3.05, 3.63) is 29.8 Å². The number of rotatable bonds is 1. The summed E-state index contributed by atoms with van der Waals surface area (Å²) < 4.78 is 0. The Hall–Kier alpha value is -1.51. The number of benzene rings is 1. The average molecular weight is 154 g/mol. The van der Waals surface area contributed by atoms with Crippen molar-refractivity contribution in [2.24, 2.45) is 0 Å². The average Bonchev–Trinajstić information content (AvgIpc) is 1.88. The Bertz CT molecular complexity index is 255. The smallest absolute Gasteiger partial charge is 0.339 e. The molecule has 0 aliphatic rings. The highest BCUT2D eigenvalue weighted by molar-refractivity contribution is 5.90. The van der Waals surface area contributed by atoms with Crippen molar-refractivity contribution in [3.63, 3.8) is 0 Å². The van der Waals surface area contributed by atoms with Crippen molar-refractivity contribution < 1.29 is 15.0 Å². The summed E-state index contributed by atoms with van der Waals surface area (Å²) in [5.74, 6) is -1.31. The maximum Gasteiger partial charge on any atom is 0.339 e. The van der Waals surface area contributed by atoms with E-state index in [1.807, 2.05) is 0 Å². The second-order valence-electron chi connectivity index (χ2n) is 1.82. The Morgan fingerprint density at radius 3 is 2.18 bits per heavy atom. The van der Waals surface area contributed by atoms with Gasteiger partial charge in [-0.1, -0.05) is 19.6 Å². The monoisotopic (exact) mass is 154 g/mol. The van der Waals surface area contributed by atoms with Crippen LogP contribution in [0.3, 0.4) is 0 Å². The second kappa shape index (κ2) is 3.61. The highest BCUT2D eigenvalue weighted by Crippen LogP contribution is 2.14. The Morgan fingerprint density at radius 2 is 1.82 bits per heavy atom. The summed E-state index contributed by atoms with van der Waals surface area (Å²) in [4.78, 5) is 10.3. The van der Waals surface area contributed by atoms with Gasteiger partial charge in [0.05, 0.1) is 0 Å². The van der Waals surface area contributed by atoms with Crippen LogP contribution in [0.5, 0.6) is 5.75 Å². The van der Waals surface area contributed by atoms with Crippen LogP contribution in [0.15, 0.2) is 24.3 Å². The third-order valence-corrected chi connectivity index (χ3v) is 1.13. The number of aromatic hydroxyl groups is 1. The molecule has 0 aliphatic heterocycles. The fraction of sp³-hybridized carbons (Fsp3) is 0.125. The van der Waals surface area contributed by atoms with Gasteiger partial charge in [-0.3, -0.25) is 0 Å². The molecule has 0 atom stereocenters. The van der Waals surface area contributed by atoms with Gasteiger partial charge < -0.3 is 10.2 Å². The SMILES string of the molecule is C.O=C(O)c1ccccc1O. The van der Waals surface area contributed by atoms with Gasteiger partial charge in [0.1, 0.15) is 11.3 Å². The van der Waals surface area contributed by atoms with Crippen LogP contribution in [-0.2, 0) is 0 Å². The van der Waals surface area contributed by atoms with Gasteiger partial charge >= 0.3 is 5.97 Å². The van der Waals surface area contributed by atoms with Crippen LogP contribution in [0.1, 0.15) is 17.8 Å². The molecule has 1 aromatic carbocycles. The Kier molecular flexibility index (Phi) is 3.11. The number of hydrogen-bond acceptors (Lipinski definition) is 2. The van der Waals surface area contributed by atoms with E-state index in [-0.39, 0.29) is 18.7 Å². The van der Waals surface area contributed by atoms with E-state index in [1.165, 1.54) is 12.1 Å². The van der Waals surface area contributed by atoms with Crippen LogP contribution in [0.2, 0.25) is 0 Å². The molecule has 0 radical (unpaired) electrons. The predicted molar refractivity (Wildman–Crippen MR) is 41.8 cm³/mol. The molecule has 0 bridgehead atoms. The molecule has 11 heavy (non-hydrogen) atoms. The summed E-state index contributed by atoms with van der Waals surface area (Å²) in [7, 11) is 0. The number of carbonyl (C=O) groups is 1. The predicted octanol–water partition coefficient (Wildman–Crippen LogP) is 1.73. The zero-order valence-electron chi connectivity index (χ0n) is 5.11. The summed E-state index contributed by atoms with van der Waals surface area (Å²) in [5, 5.41) is 17.3. The standard InChI is InChI=1S/C7H6O3.CH4/c8-6-4-2-1-3-5(6)7(9)10;/h1-4,8H,(H,9,10);1H4. The van der Waals surface area contributed by atoms with Gasteiger partial charge in [-0.15, -0.1) is 0 Å². The molecule has 0 spiro atoms. The molecule has 0 aromatic heterocycles. The molecule has 3 heteroatoms. The highest BCUT2D eigenvalue weighted by Gasteiger charge is 2.05. The van der Waals surface area contributed by atoms with Crippen LogP contribution in [0.4, 0.5) is 0 Å². The van der Waals surface area contributed by atoms with Gasteiger partial charge in [-0.25, -0.2) is 4.79 Å². The van der Waals surface area contributed by atoms with Gasteiger partial charge in [-0.2, -0.15) is 0 Å². The molecule has 0 unspecified atom stereocenters. The van der Waals surface area contributed by atoms with Gasteiger partial charge in [0.15, 0.2) is 0 Å².